The van der Waals surface area contributed by atoms with Crippen LogP contribution in [0, 0.1) is 21.7 Å². The molecule has 0 unspecified atom stereocenters. The summed E-state index contributed by atoms with van der Waals surface area (Å²) in [5.74, 6) is -4.98. The molecule has 3 aromatic carbocycles. The van der Waals surface area contributed by atoms with E-state index >= 15 is 4.39 Å². The molecule has 6 rings (SSSR count). The van der Waals surface area contributed by atoms with Crippen LogP contribution in [0.25, 0.3) is 10.9 Å². The molecule has 12 nitrogen and oxygen atoms in total. The van der Waals surface area contributed by atoms with Crippen LogP contribution in [0.2, 0.25) is 0 Å². The number of nitro benzene ring substituents is 1. The maximum atomic E-state index is 15.0. The number of hydrogen-bond donors (Lipinski definition) is 2. The van der Waals surface area contributed by atoms with Crippen LogP contribution in [0.1, 0.15) is 36.0 Å². The first-order valence-corrected chi connectivity index (χ1v) is 16.2. The Balaban J connectivity index is 1.29. The van der Waals surface area contributed by atoms with Gasteiger partial charge in [0, 0.05) is 48.4 Å². The molecule has 2 N–H and O–H groups in total. The smallest absolute Gasteiger partial charge is 0.302 e. The number of H-pyrrole nitrogens is 1. The van der Waals surface area contributed by atoms with Gasteiger partial charge in [-0.1, -0.05) is 22.7 Å². The monoisotopic (exact) mass is 655 g/mol. The molecule has 1 saturated carbocycles. The summed E-state index contributed by atoms with van der Waals surface area (Å²) in [5.41, 5.74) is -0.738. The minimum atomic E-state index is -5.03. The molecular formula is C31H31F2N5O7S. The summed E-state index contributed by atoms with van der Waals surface area (Å²) >= 11 is 0. The summed E-state index contributed by atoms with van der Waals surface area (Å²) in [7, 11) is -5.03. The first kappa shape index (κ1) is 31.4. The van der Waals surface area contributed by atoms with Crippen molar-refractivity contribution < 1.29 is 36.5 Å². The number of nitrogens with zero attached hydrogens (tertiary/aromatic N) is 3. The van der Waals surface area contributed by atoms with E-state index in [4.69, 9.17) is 9.57 Å². The van der Waals surface area contributed by atoms with Gasteiger partial charge in [0.05, 0.1) is 28.5 Å². The van der Waals surface area contributed by atoms with Crippen LogP contribution in [-0.2, 0) is 14.8 Å². The molecule has 1 saturated heterocycles. The molecule has 2 aliphatic rings. The number of aromatic amines is 1. The molecule has 242 valence electrons. The molecule has 1 amide bonds. The van der Waals surface area contributed by atoms with Gasteiger partial charge < -0.3 is 19.9 Å². The molecule has 0 spiro atoms. The molecule has 0 atom stereocenters. The highest BCUT2D eigenvalue weighted by atomic mass is 32.2. The molecule has 4 aromatic rings. The number of sulfonamides is 1. The highest BCUT2D eigenvalue weighted by Crippen LogP contribution is 2.35. The zero-order valence-corrected chi connectivity index (χ0v) is 25.3. The van der Waals surface area contributed by atoms with Crippen molar-refractivity contribution in [3.63, 3.8) is 0 Å². The van der Waals surface area contributed by atoms with Crippen LogP contribution in [0.4, 0.5) is 20.2 Å². The Morgan fingerprint density at radius 2 is 1.74 bits per heavy atom. The normalized spacial score (nSPS) is 19.1. The lowest BCUT2D eigenvalue weighted by molar-refractivity contribution is -0.384. The number of hydrogen-bond acceptors (Lipinski definition) is 9. The topological polar surface area (TPSA) is 147 Å². The lowest BCUT2D eigenvalue weighted by Gasteiger charge is -2.39. The molecule has 46 heavy (non-hydrogen) atoms. The van der Waals surface area contributed by atoms with Crippen LogP contribution in [0.3, 0.4) is 0 Å². The maximum absolute atomic E-state index is 15.0. The van der Waals surface area contributed by atoms with E-state index in [2.05, 4.69) is 15.2 Å². The third-order valence-electron chi connectivity index (χ3n) is 8.36. The number of morpholine rings is 1. The van der Waals surface area contributed by atoms with Crippen molar-refractivity contribution in [3.05, 3.63) is 94.2 Å². The lowest BCUT2D eigenvalue weighted by Crippen LogP contribution is -2.46. The second-order valence-corrected chi connectivity index (χ2v) is 12.9. The molecule has 0 radical (unpaired) electrons. The van der Waals surface area contributed by atoms with Gasteiger partial charge >= 0.3 is 5.91 Å². The van der Waals surface area contributed by atoms with Crippen LogP contribution in [0.5, 0.6) is 5.75 Å². The minimum Gasteiger partial charge on any atom is -0.379 e. The summed E-state index contributed by atoms with van der Waals surface area (Å²) < 4.78 is 63.0. The quantitative estimate of drug-likeness (QED) is 0.183. The van der Waals surface area contributed by atoms with Crippen LogP contribution >= 0.6 is 0 Å². The van der Waals surface area contributed by atoms with E-state index in [0.29, 0.717) is 19.3 Å². The van der Waals surface area contributed by atoms with Crippen molar-refractivity contribution in [1.29, 1.82) is 0 Å². The summed E-state index contributed by atoms with van der Waals surface area (Å²) in [4.78, 5) is 34.5. The summed E-state index contributed by atoms with van der Waals surface area (Å²) in [6.07, 6.45) is 4.68. The van der Waals surface area contributed by atoms with Gasteiger partial charge in [0.25, 0.3) is 15.7 Å². The van der Waals surface area contributed by atoms with Crippen LogP contribution in [0.15, 0.2) is 71.8 Å². The second kappa shape index (κ2) is 13.0. The number of nitrogens with one attached hydrogen (secondary N) is 2. The molecule has 15 heteroatoms. The third kappa shape index (κ3) is 6.25. The van der Waals surface area contributed by atoms with Gasteiger partial charge in [-0.3, -0.25) is 19.8 Å². The predicted molar refractivity (Wildman–Crippen MR) is 164 cm³/mol. The Morgan fingerprint density at radius 1 is 1.02 bits per heavy atom. The highest BCUT2D eigenvalue weighted by molar-refractivity contribution is 7.89. The van der Waals surface area contributed by atoms with Crippen molar-refractivity contribution in [1.82, 2.24) is 14.4 Å². The fourth-order valence-electron chi connectivity index (χ4n) is 5.94. The van der Waals surface area contributed by atoms with E-state index in [1.807, 2.05) is 0 Å². The predicted octanol–water partition coefficient (Wildman–Crippen LogP) is 5.23. The van der Waals surface area contributed by atoms with Crippen molar-refractivity contribution >= 4 is 38.2 Å². The van der Waals surface area contributed by atoms with E-state index < -0.39 is 48.8 Å². The SMILES string of the molecule is O=C(c1ccccc1)N(Oc1cc2cc[nH]c2c(F)c1F)S(=O)(=O)c1ccc(NC2CCC(N3CCOCC3)CC2)c([N+](=O)[O-])c1. The third-order valence-corrected chi connectivity index (χ3v) is 9.89. The molecule has 1 aliphatic heterocycles. The first-order valence-electron chi connectivity index (χ1n) is 14.8. The number of hydroxylamine groups is 1. The van der Waals surface area contributed by atoms with Crippen molar-refractivity contribution in [2.45, 2.75) is 42.7 Å². The van der Waals surface area contributed by atoms with Crippen molar-refractivity contribution in [2.24, 2.45) is 0 Å². The van der Waals surface area contributed by atoms with Gasteiger partial charge in [-0.05, 0) is 62.1 Å². The van der Waals surface area contributed by atoms with Crippen molar-refractivity contribution in [2.75, 3.05) is 31.6 Å². The molecule has 0 bridgehead atoms. The summed E-state index contributed by atoms with van der Waals surface area (Å²) in [6.45, 7) is 3.15. The van der Waals surface area contributed by atoms with E-state index in [9.17, 15) is 27.7 Å². The summed E-state index contributed by atoms with van der Waals surface area (Å²) in [5, 5.41) is 15.5. The molecule has 2 fully saturated rings. The lowest BCUT2D eigenvalue weighted by atomic mass is 9.89. The number of carbonyl (C=O) groups is 1. The Kier molecular flexibility index (Phi) is 8.88. The van der Waals surface area contributed by atoms with Crippen LogP contribution < -0.4 is 10.2 Å². The average molecular weight is 656 g/mol. The Labute approximate surface area is 263 Å². The van der Waals surface area contributed by atoms with E-state index in [1.54, 1.807) is 6.07 Å². The van der Waals surface area contributed by atoms with Gasteiger partial charge in [-0.15, -0.1) is 0 Å². The maximum Gasteiger partial charge on any atom is 0.302 e. The zero-order chi connectivity index (χ0) is 32.4. The fraction of sp³-hybridized carbons (Fsp3) is 0.323. The first-order chi connectivity index (χ1) is 22.1. The fourth-order valence-corrected chi connectivity index (χ4v) is 7.14. The highest BCUT2D eigenvalue weighted by Gasteiger charge is 2.36. The number of anilines is 1. The summed E-state index contributed by atoms with van der Waals surface area (Å²) in [6, 6.07) is 13.1. The van der Waals surface area contributed by atoms with Gasteiger partial charge in [0.15, 0.2) is 11.6 Å². The second-order valence-electron chi connectivity index (χ2n) is 11.2. The molecule has 1 aliphatic carbocycles. The van der Waals surface area contributed by atoms with E-state index in [0.717, 1.165) is 57.0 Å². The Hall–Kier alpha value is -4.60. The Bertz CT molecular complexity index is 1860. The Morgan fingerprint density at radius 3 is 2.43 bits per heavy atom. The van der Waals surface area contributed by atoms with Gasteiger partial charge in [0.2, 0.25) is 5.82 Å². The van der Waals surface area contributed by atoms with E-state index in [1.165, 1.54) is 42.6 Å². The van der Waals surface area contributed by atoms with Gasteiger partial charge in [0.1, 0.15) is 5.69 Å². The van der Waals surface area contributed by atoms with Crippen LogP contribution in [-0.4, -0.2) is 72.0 Å². The number of halogens is 2. The largest absolute Gasteiger partial charge is 0.379 e. The number of ether oxygens (including phenoxy) is 1. The number of carbonyl (C=O) groups excluding carboxylic acids is 1. The number of fused-ring (bicyclic) bond motifs is 1. The molecule has 2 heterocycles. The van der Waals surface area contributed by atoms with Gasteiger partial charge in [-0.2, -0.15) is 12.8 Å². The van der Waals surface area contributed by atoms with E-state index in [-0.39, 0.29) is 32.7 Å². The zero-order valence-electron chi connectivity index (χ0n) is 24.5. The number of aromatic nitrogens is 1. The number of amides is 1. The molecular weight excluding hydrogens is 624 g/mol. The standard InChI is InChI=1S/C31H31F2N5O7S/c32-28-27(18-21-12-13-34-30(21)29(28)33)45-38(31(39)20-4-2-1-3-5-20)46(42,43)24-10-11-25(26(19-24)37(40)41)35-22-6-8-23(9-7-22)36-14-16-44-17-15-36/h1-5,10-13,18-19,22-23,34-35H,6-9,14-17H2. The average Bonchev–Trinajstić information content (AvgIpc) is 3.55. The minimum absolute atomic E-state index is 0.0702. The number of nitro groups is 1. The number of rotatable bonds is 9. The van der Waals surface area contributed by atoms with Crippen molar-refractivity contribution in [3.8, 4) is 5.75 Å². The van der Waals surface area contributed by atoms with Gasteiger partial charge in [-0.25, -0.2) is 4.39 Å². The molecule has 1 aromatic heterocycles. The number of benzene rings is 3.